The largest absolute Gasteiger partial charge is 0.444 e. The lowest BCUT2D eigenvalue weighted by molar-refractivity contribution is -0.0498. The number of anilines is 1. The van der Waals surface area contributed by atoms with E-state index in [1.807, 2.05) is 20.8 Å². The monoisotopic (exact) mass is 356 g/mol. The zero-order valence-corrected chi connectivity index (χ0v) is 14.9. The number of hydrogen-bond acceptors (Lipinski definition) is 4. The molecule has 0 aliphatic carbocycles. The summed E-state index contributed by atoms with van der Waals surface area (Å²) in [4.78, 5) is 13.8. The van der Waals surface area contributed by atoms with Crippen molar-refractivity contribution in [2.24, 2.45) is 5.92 Å². The van der Waals surface area contributed by atoms with Crippen molar-refractivity contribution in [3.63, 3.8) is 0 Å². The Balaban J connectivity index is 1.72. The zero-order valence-electron chi connectivity index (χ0n) is 14.9. The first-order chi connectivity index (χ1) is 11.7. The summed E-state index contributed by atoms with van der Waals surface area (Å²) in [6.45, 7) is 4.91. The van der Waals surface area contributed by atoms with Crippen molar-refractivity contribution in [1.82, 2.24) is 4.90 Å². The Morgan fingerprint density at radius 3 is 2.36 bits per heavy atom. The molecular formula is C18H26F2N2O3. The minimum atomic E-state index is -2.81. The number of alkyl halides is 2. The van der Waals surface area contributed by atoms with Gasteiger partial charge in [0, 0.05) is 25.3 Å². The first-order valence-electron chi connectivity index (χ1n) is 8.49. The first-order valence-corrected chi connectivity index (χ1v) is 8.49. The molecule has 0 aromatic heterocycles. The maximum atomic E-state index is 12.1. The van der Waals surface area contributed by atoms with E-state index in [0.717, 1.165) is 25.1 Å². The van der Waals surface area contributed by atoms with E-state index in [2.05, 4.69) is 10.1 Å². The predicted molar refractivity (Wildman–Crippen MR) is 92.1 cm³/mol. The highest BCUT2D eigenvalue weighted by molar-refractivity contribution is 5.68. The van der Waals surface area contributed by atoms with Crippen molar-refractivity contribution >= 4 is 11.8 Å². The second kappa shape index (κ2) is 8.36. The quantitative estimate of drug-likeness (QED) is 0.852. The maximum absolute atomic E-state index is 12.1. The van der Waals surface area contributed by atoms with Crippen LogP contribution in [0.3, 0.4) is 0 Å². The molecule has 2 rings (SSSR count). The SMILES string of the molecule is CC(C)(C)OC(=O)N1CCC(CNc2ccc(OC(F)F)cc2)CC1. The summed E-state index contributed by atoms with van der Waals surface area (Å²) < 4.78 is 33.9. The van der Waals surface area contributed by atoms with Crippen molar-refractivity contribution in [3.8, 4) is 5.75 Å². The summed E-state index contributed by atoms with van der Waals surface area (Å²) in [5, 5.41) is 3.30. The minimum absolute atomic E-state index is 0.145. The highest BCUT2D eigenvalue weighted by Gasteiger charge is 2.26. The molecule has 0 atom stereocenters. The molecule has 0 unspecified atom stereocenters. The average Bonchev–Trinajstić information content (AvgIpc) is 2.52. The summed E-state index contributed by atoms with van der Waals surface area (Å²) in [7, 11) is 0. The number of nitrogens with zero attached hydrogens (tertiary/aromatic N) is 1. The average molecular weight is 356 g/mol. The van der Waals surface area contributed by atoms with Gasteiger partial charge in [-0.2, -0.15) is 8.78 Å². The molecule has 5 nitrogen and oxygen atoms in total. The van der Waals surface area contributed by atoms with Crippen LogP contribution in [0.2, 0.25) is 0 Å². The standard InChI is InChI=1S/C18H26F2N2O3/c1-18(2,3)25-17(23)22-10-8-13(9-11-22)12-21-14-4-6-15(7-5-14)24-16(19)20/h4-7,13,16,21H,8-12H2,1-3H3. The summed E-state index contributed by atoms with van der Waals surface area (Å²) in [5.74, 6) is 0.599. The molecule has 1 aliphatic rings. The molecule has 1 heterocycles. The van der Waals surface area contributed by atoms with Gasteiger partial charge in [0.1, 0.15) is 11.4 Å². The molecule has 0 spiro atoms. The molecule has 7 heteroatoms. The van der Waals surface area contributed by atoms with Crippen LogP contribution in [-0.4, -0.2) is 42.8 Å². The molecule has 1 aromatic rings. The third kappa shape index (κ3) is 6.76. The molecule has 1 fully saturated rings. The van der Waals surface area contributed by atoms with Crippen LogP contribution in [-0.2, 0) is 4.74 Å². The normalized spacial score (nSPS) is 16.0. The van der Waals surface area contributed by atoms with Gasteiger partial charge in [-0.25, -0.2) is 4.79 Å². The topological polar surface area (TPSA) is 50.8 Å². The van der Waals surface area contributed by atoms with Crippen LogP contribution in [0.1, 0.15) is 33.6 Å². The van der Waals surface area contributed by atoms with E-state index in [4.69, 9.17) is 4.74 Å². The Kier molecular flexibility index (Phi) is 6.45. The fourth-order valence-electron chi connectivity index (χ4n) is 2.66. The number of ether oxygens (including phenoxy) is 2. The highest BCUT2D eigenvalue weighted by atomic mass is 19.3. The molecule has 25 heavy (non-hydrogen) atoms. The molecule has 1 amide bonds. The first kappa shape index (κ1) is 19.3. The van der Waals surface area contributed by atoms with Gasteiger partial charge in [-0.3, -0.25) is 0 Å². The maximum Gasteiger partial charge on any atom is 0.410 e. The fraction of sp³-hybridized carbons (Fsp3) is 0.611. The van der Waals surface area contributed by atoms with Crippen LogP contribution < -0.4 is 10.1 Å². The highest BCUT2D eigenvalue weighted by Crippen LogP contribution is 2.22. The molecule has 1 aliphatic heterocycles. The zero-order chi connectivity index (χ0) is 18.4. The van der Waals surface area contributed by atoms with Crippen LogP contribution in [0.4, 0.5) is 19.3 Å². The number of piperidine rings is 1. The van der Waals surface area contributed by atoms with Gasteiger partial charge in [-0.05, 0) is 63.8 Å². The second-order valence-electron chi connectivity index (χ2n) is 7.19. The Labute approximate surface area is 147 Å². The summed E-state index contributed by atoms with van der Waals surface area (Å²) in [5.41, 5.74) is 0.381. The Morgan fingerprint density at radius 1 is 1.24 bits per heavy atom. The third-order valence-electron chi connectivity index (χ3n) is 3.94. The van der Waals surface area contributed by atoms with E-state index in [-0.39, 0.29) is 11.8 Å². The molecule has 0 bridgehead atoms. The molecule has 1 aromatic carbocycles. The van der Waals surface area contributed by atoms with Crippen molar-refractivity contribution in [2.45, 2.75) is 45.8 Å². The number of halogens is 2. The van der Waals surface area contributed by atoms with E-state index in [0.29, 0.717) is 19.0 Å². The van der Waals surface area contributed by atoms with Crippen LogP contribution in [0.5, 0.6) is 5.75 Å². The van der Waals surface area contributed by atoms with Gasteiger partial charge in [0.15, 0.2) is 0 Å². The Hall–Kier alpha value is -2.05. The molecule has 1 saturated heterocycles. The van der Waals surface area contributed by atoms with E-state index in [1.54, 1.807) is 17.0 Å². The number of nitrogens with one attached hydrogen (secondary N) is 1. The van der Waals surface area contributed by atoms with Crippen LogP contribution in [0.15, 0.2) is 24.3 Å². The van der Waals surface area contributed by atoms with Gasteiger partial charge < -0.3 is 19.7 Å². The van der Waals surface area contributed by atoms with Gasteiger partial charge in [0.05, 0.1) is 0 Å². The molecular weight excluding hydrogens is 330 g/mol. The lowest BCUT2D eigenvalue weighted by atomic mass is 9.97. The number of hydrogen-bond donors (Lipinski definition) is 1. The smallest absolute Gasteiger partial charge is 0.410 e. The minimum Gasteiger partial charge on any atom is -0.444 e. The van der Waals surface area contributed by atoms with E-state index >= 15 is 0 Å². The Morgan fingerprint density at radius 2 is 1.84 bits per heavy atom. The van der Waals surface area contributed by atoms with E-state index < -0.39 is 12.2 Å². The molecule has 1 N–H and O–H groups in total. The van der Waals surface area contributed by atoms with E-state index in [1.165, 1.54) is 12.1 Å². The molecule has 140 valence electrons. The van der Waals surface area contributed by atoms with Crippen LogP contribution in [0.25, 0.3) is 0 Å². The van der Waals surface area contributed by atoms with Crippen molar-refractivity contribution < 1.29 is 23.0 Å². The van der Waals surface area contributed by atoms with Gasteiger partial charge in [0.25, 0.3) is 0 Å². The van der Waals surface area contributed by atoms with Crippen molar-refractivity contribution in [3.05, 3.63) is 24.3 Å². The third-order valence-corrected chi connectivity index (χ3v) is 3.94. The summed E-state index contributed by atoms with van der Waals surface area (Å²) in [6, 6.07) is 6.46. The lowest BCUT2D eigenvalue weighted by Gasteiger charge is -2.33. The number of benzene rings is 1. The number of amides is 1. The summed E-state index contributed by atoms with van der Waals surface area (Å²) >= 11 is 0. The second-order valence-corrected chi connectivity index (χ2v) is 7.19. The van der Waals surface area contributed by atoms with Crippen LogP contribution in [0, 0.1) is 5.92 Å². The number of likely N-dealkylation sites (tertiary alicyclic amines) is 1. The number of carbonyl (C=O) groups is 1. The summed E-state index contributed by atoms with van der Waals surface area (Å²) in [6.07, 6.45) is 1.55. The Bertz CT molecular complexity index is 550. The predicted octanol–water partition coefficient (Wildman–Crippen LogP) is 4.35. The molecule has 0 radical (unpaired) electrons. The van der Waals surface area contributed by atoms with Crippen LogP contribution >= 0.6 is 0 Å². The number of carbonyl (C=O) groups excluding carboxylic acids is 1. The van der Waals surface area contributed by atoms with Gasteiger partial charge in [-0.15, -0.1) is 0 Å². The number of rotatable bonds is 5. The fourth-order valence-corrected chi connectivity index (χ4v) is 2.66. The molecule has 0 saturated carbocycles. The van der Waals surface area contributed by atoms with Gasteiger partial charge >= 0.3 is 12.7 Å². The van der Waals surface area contributed by atoms with Gasteiger partial charge in [0.2, 0.25) is 0 Å². The van der Waals surface area contributed by atoms with E-state index in [9.17, 15) is 13.6 Å². The lowest BCUT2D eigenvalue weighted by Crippen LogP contribution is -2.42. The van der Waals surface area contributed by atoms with Crippen molar-refractivity contribution in [1.29, 1.82) is 0 Å². The van der Waals surface area contributed by atoms with Crippen molar-refractivity contribution in [2.75, 3.05) is 25.0 Å². The van der Waals surface area contributed by atoms with Gasteiger partial charge in [-0.1, -0.05) is 0 Å².